The van der Waals surface area contributed by atoms with Gasteiger partial charge in [-0.15, -0.1) is 0 Å². The number of urea groups is 1. The van der Waals surface area contributed by atoms with Crippen LogP contribution >= 0.6 is 11.6 Å². The van der Waals surface area contributed by atoms with Crippen molar-refractivity contribution in [3.05, 3.63) is 77.3 Å². The Morgan fingerprint density at radius 3 is 2.48 bits per heavy atom. The summed E-state index contributed by atoms with van der Waals surface area (Å²) >= 11 is 5.92. The topological polar surface area (TPSA) is 66.5 Å². The summed E-state index contributed by atoms with van der Waals surface area (Å²) in [5.74, 6) is 0.101. The molecule has 0 spiro atoms. The molecule has 150 valence electrons. The minimum atomic E-state index is -3.13. The Morgan fingerprint density at radius 2 is 1.76 bits per heavy atom. The molecule has 0 saturated carbocycles. The van der Waals surface area contributed by atoms with Crippen molar-refractivity contribution in [1.29, 1.82) is 0 Å². The van der Waals surface area contributed by atoms with E-state index in [0.29, 0.717) is 23.7 Å². The van der Waals surface area contributed by atoms with E-state index in [1.165, 1.54) is 0 Å². The lowest BCUT2D eigenvalue weighted by Crippen LogP contribution is -2.43. The molecule has 0 aromatic heterocycles. The summed E-state index contributed by atoms with van der Waals surface area (Å²) in [6, 6.07) is 20.1. The molecule has 1 heterocycles. The lowest BCUT2D eigenvalue weighted by molar-refractivity contribution is 0.190. The number of hydrogen-bond donors (Lipinski definition) is 1. The highest BCUT2D eigenvalue weighted by Gasteiger charge is 2.35. The van der Waals surface area contributed by atoms with Gasteiger partial charge in [-0.25, -0.2) is 13.2 Å². The van der Waals surface area contributed by atoms with Crippen LogP contribution in [0.3, 0.4) is 0 Å². The van der Waals surface area contributed by atoms with E-state index in [0.717, 1.165) is 16.3 Å². The lowest BCUT2D eigenvalue weighted by Gasteiger charge is -2.29. The van der Waals surface area contributed by atoms with E-state index >= 15 is 0 Å². The van der Waals surface area contributed by atoms with Crippen LogP contribution in [-0.4, -0.2) is 36.9 Å². The Morgan fingerprint density at radius 1 is 1.03 bits per heavy atom. The molecule has 29 heavy (non-hydrogen) atoms. The van der Waals surface area contributed by atoms with Gasteiger partial charge in [0.05, 0.1) is 11.5 Å². The molecule has 1 saturated heterocycles. The van der Waals surface area contributed by atoms with Crippen molar-refractivity contribution >= 4 is 43.9 Å². The third-order valence-electron chi connectivity index (χ3n) is 5.23. The quantitative estimate of drug-likeness (QED) is 0.654. The third-order valence-corrected chi connectivity index (χ3v) is 7.23. The number of carbonyl (C=O) groups is 1. The van der Waals surface area contributed by atoms with Gasteiger partial charge in [0, 0.05) is 23.3 Å². The zero-order chi connectivity index (χ0) is 20.4. The molecular formula is C22H21ClN2O3S. The largest absolute Gasteiger partial charge is 0.322 e. The maximum Gasteiger partial charge on any atom is 0.322 e. The molecule has 3 aromatic carbocycles. The standard InChI is InChI=1S/C22H21ClN2O3S/c23-18-8-10-19(11-9-18)24-22(26)25(20-12-13-29(27,28)15-20)14-17-6-3-5-16-4-1-2-7-21(16)17/h1-11,20H,12-15H2,(H,24,26). The van der Waals surface area contributed by atoms with Crippen LogP contribution in [0.1, 0.15) is 12.0 Å². The number of hydrogen-bond acceptors (Lipinski definition) is 3. The van der Waals surface area contributed by atoms with Crippen LogP contribution < -0.4 is 5.32 Å². The molecule has 3 aromatic rings. The first kappa shape index (κ1) is 19.7. The van der Waals surface area contributed by atoms with Crippen LogP contribution in [0.4, 0.5) is 10.5 Å². The number of nitrogens with one attached hydrogen (secondary N) is 1. The van der Waals surface area contributed by atoms with Crippen molar-refractivity contribution in [2.45, 2.75) is 19.0 Å². The van der Waals surface area contributed by atoms with E-state index in [1.54, 1.807) is 29.2 Å². The van der Waals surface area contributed by atoms with Gasteiger partial charge in [-0.3, -0.25) is 0 Å². The Bertz CT molecular complexity index is 1140. The summed E-state index contributed by atoms with van der Waals surface area (Å²) in [5, 5.41) is 5.60. The Kier molecular flexibility index (Phi) is 5.48. The average Bonchev–Trinajstić information content (AvgIpc) is 3.07. The SMILES string of the molecule is O=C(Nc1ccc(Cl)cc1)N(Cc1cccc2ccccc12)C1CCS(=O)(=O)C1. The van der Waals surface area contributed by atoms with Gasteiger partial charge in [-0.05, 0) is 47.0 Å². The van der Waals surface area contributed by atoms with Gasteiger partial charge in [-0.1, -0.05) is 54.1 Å². The molecule has 0 bridgehead atoms. The summed E-state index contributed by atoms with van der Waals surface area (Å²) in [5.41, 5.74) is 1.60. The molecule has 1 aliphatic heterocycles. The summed E-state index contributed by atoms with van der Waals surface area (Å²) < 4.78 is 24.1. The number of fused-ring (bicyclic) bond motifs is 1. The molecule has 4 rings (SSSR count). The summed E-state index contributed by atoms with van der Waals surface area (Å²) in [7, 11) is -3.13. The predicted molar refractivity (Wildman–Crippen MR) is 117 cm³/mol. The Labute approximate surface area is 175 Å². The molecule has 2 amide bonds. The number of carbonyl (C=O) groups excluding carboxylic acids is 1. The Balaban J connectivity index is 1.64. The number of sulfone groups is 1. The molecule has 1 atom stereocenters. The van der Waals surface area contributed by atoms with Crippen LogP contribution in [0, 0.1) is 0 Å². The zero-order valence-corrected chi connectivity index (χ0v) is 17.3. The second-order valence-electron chi connectivity index (χ2n) is 7.26. The second kappa shape index (κ2) is 8.05. The monoisotopic (exact) mass is 428 g/mol. The van der Waals surface area contributed by atoms with Gasteiger partial charge < -0.3 is 10.2 Å². The molecule has 0 radical (unpaired) electrons. The molecular weight excluding hydrogens is 408 g/mol. The van der Waals surface area contributed by atoms with Gasteiger partial charge in [0.15, 0.2) is 9.84 Å². The van der Waals surface area contributed by atoms with Gasteiger partial charge in [-0.2, -0.15) is 0 Å². The highest BCUT2D eigenvalue weighted by Crippen LogP contribution is 2.25. The van der Waals surface area contributed by atoms with E-state index in [9.17, 15) is 13.2 Å². The van der Waals surface area contributed by atoms with Gasteiger partial charge >= 0.3 is 6.03 Å². The van der Waals surface area contributed by atoms with Crippen LogP contribution in [0.25, 0.3) is 10.8 Å². The van der Waals surface area contributed by atoms with Gasteiger partial charge in [0.1, 0.15) is 0 Å². The van der Waals surface area contributed by atoms with Crippen LogP contribution in [0.2, 0.25) is 5.02 Å². The number of halogens is 1. The molecule has 0 aliphatic carbocycles. The Hall–Kier alpha value is -2.57. The van der Waals surface area contributed by atoms with E-state index in [4.69, 9.17) is 11.6 Å². The van der Waals surface area contributed by atoms with Crippen molar-refractivity contribution in [3.63, 3.8) is 0 Å². The number of benzene rings is 3. The average molecular weight is 429 g/mol. The molecule has 7 heteroatoms. The first-order chi connectivity index (χ1) is 13.9. The van der Waals surface area contributed by atoms with Gasteiger partial charge in [0.2, 0.25) is 0 Å². The highest BCUT2D eigenvalue weighted by molar-refractivity contribution is 7.91. The van der Waals surface area contributed by atoms with E-state index in [-0.39, 0.29) is 23.6 Å². The third kappa shape index (κ3) is 4.54. The smallest absolute Gasteiger partial charge is 0.316 e. The molecule has 1 unspecified atom stereocenters. The fourth-order valence-corrected chi connectivity index (χ4v) is 5.59. The van der Waals surface area contributed by atoms with Crippen molar-refractivity contribution in [3.8, 4) is 0 Å². The van der Waals surface area contributed by atoms with Gasteiger partial charge in [0.25, 0.3) is 0 Å². The fourth-order valence-electron chi connectivity index (χ4n) is 3.73. The van der Waals surface area contributed by atoms with E-state index in [2.05, 4.69) is 5.32 Å². The minimum absolute atomic E-state index is 0.00813. The highest BCUT2D eigenvalue weighted by atomic mass is 35.5. The summed E-state index contributed by atoms with van der Waals surface area (Å²) in [6.07, 6.45) is 0.446. The van der Waals surface area contributed by atoms with Crippen molar-refractivity contribution in [2.75, 3.05) is 16.8 Å². The van der Waals surface area contributed by atoms with E-state index in [1.807, 2.05) is 42.5 Å². The summed E-state index contributed by atoms with van der Waals surface area (Å²) in [4.78, 5) is 14.8. The van der Waals surface area contributed by atoms with Crippen LogP contribution in [0.5, 0.6) is 0 Å². The zero-order valence-electron chi connectivity index (χ0n) is 15.7. The van der Waals surface area contributed by atoms with Crippen molar-refractivity contribution in [1.82, 2.24) is 4.90 Å². The van der Waals surface area contributed by atoms with Crippen LogP contribution in [0.15, 0.2) is 66.7 Å². The lowest BCUT2D eigenvalue weighted by atomic mass is 10.0. The van der Waals surface area contributed by atoms with Crippen LogP contribution in [-0.2, 0) is 16.4 Å². The number of nitrogens with zero attached hydrogens (tertiary/aromatic N) is 1. The number of anilines is 1. The fraction of sp³-hybridized carbons (Fsp3) is 0.227. The first-order valence-corrected chi connectivity index (χ1v) is 11.6. The number of amides is 2. The molecule has 1 aliphatic rings. The second-order valence-corrected chi connectivity index (χ2v) is 9.93. The summed E-state index contributed by atoms with van der Waals surface area (Å²) in [6.45, 7) is 0.334. The number of rotatable bonds is 4. The molecule has 5 nitrogen and oxygen atoms in total. The minimum Gasteiger partial charge on any atom is -0.316 e. The molecule has 1 N–H and O–H groups in total. The molecule has 1 fully saturated rings. The van der Waals surface area contributed by atoms with E-state index < -0.39 is 9.84 Å². The predicted octanol–water partition coefficient (Wildman–Crippen LogP) is 4.71. The van der Waals surface area contributed by atoms with Crippen molar-refractivity contribution < 1.29 is 13.2 Å². The van der Waals surface area contributed by atoms with Crippen molar-refractivity contribution in [2.24, 2.45) is 0 Å². The maximum atomic E-state index is 13.1. The normalized spacial score (nSPS) is 17.9. The first-order valence-electron chi connectivity index (χ1n) is 9.41. The maximum absolute atomic E-state index is 13.1.